The Kier molecular flexibility index (Phi) is 7.29. The predicted octanol–water partition coefficient (Wildman–Crippen LogP) is 5.80. The Morgan fingerprint density at radius 2 is 2.03 bits per heavy atom. The molecule has 0 aromatic heterocycles. The Bertz CT molecular complexity index is 1060. The highest BCUT2D eigenvalue weighted by atomic mass is 32.2. The van der Waals surface area contributed by atoms with Crippen molar-refractivity contribution in [3.63, 3.8) is 0 Å². The number of benzene rings is 2. The zero-order valence-corrected chi connectivity index (χ0v) is 19.7. The molecule has 2 aromatic rings. The number of carbonyl (C=O) groups is 1. The number of nitrogens with one attached hydrogen (secondary N) is 1. The second-order valence-corrected chi connectivity index (χ2v) is 10.0. The molecule has 2 unspecified atom stereocenters. The van der Waals surface area contributed by atoms with Crippen molar-refractivity contribution in [3.05, 3.63) is 83.4 Å². The van der Waals surface area contributed by atoms with Crippen molar-refractivity contribution in [2.24, 2.45) is 11.0 Å². The molecule has 0 bridgehead atoms. The number of carbonyl (C=O) groups excluding carboxylic acids is 1. The molecule has 0 saturated heterocycles. The maximum atomic E-state index is 14.7. The molecule has 0 radical (unpaired) electrons. The number of thioether (sulfide) groups is 1. The van der Waals surface area contributed by atoms with Crippen LogP contribution in [0.25, 0.3) is 0 Å². The fraction of sp³-hybridized carbons (Fsp3) is 0.385. The van der Waals surface area contributed by atoms with Crippen LogP contribution in [0, 0.1) is 17.6 Å². The van der Waals surface area contributed by atoms with Gasteiger partial charge in [-0.2, -0.15) is 5.10 Å². The summed E-state index contributed by atoms with van der Waals surface area (Å²) in [6.07, 6.45) is 7.99. The van der Waals surface area contributed by atoms with Gasteiger partial charge in [0, 0.05) is 17.5 Å². The highest BCUT2D eigenvalue weighted by molar-refractivity contribution is 8.15. The van der Waals surface area contributed by atoms with Crippen LogP contribution in [-0.2, 0) is 9.67 Å². The van der Waals surface area contributed by atoms with Crippen LogP contribution in [-0.4, -0.2) is 28.5 Å². The first-order valence-corrected chi connectivity index (χ1v) is 12.2. The molecule has 0 saturated carbocycles. The summed E-state index contributed by atoms with van der Waals surface area (Å²) in [5.41, 5.74) is 0.994. The third-order valence-electron chi connectivity index (χ3n) is 6.00. The van der Waals surface area contributed by atoms with Crippen LogP contribution in [0.2, 0.25) is 0 Å². The lowest BCUT2D eigenvalue weighted by Crippen LogP contribution is -2.43. The van der Waals surface area contributed by atoms with Gasteiger partial charge in [-0.15, -0.1) is 0 Å². The first-order chi connectivity index (χ1) is 15.9. The van der Waals surface area contributed by atoms with Crippen molar-refractivity contribution >= 4 is 22.7 Å². The molecular formula is C26H29F2N3OS. The van der Waals surface area contributed by atoms with E-state index in [4.69, 9.17) is 0 Å². The SMILES string of the molecule is CC(C)C(=O)N1N=C(c2cc(F)ccc2F)SC1(CCCNC1C=CCC1)c1ccccc1. The van der Waals surface area contributed by atoms with Gasteiger partial charge in [0.25, 0.3) is 0 Å². The summed E-state index contributed by atoms with van der Waals surface area (Å²) in [5.74, 6) is -1.54. The van der Waals surface area contributed by atoms with Crippen LogP contribution in [0.3, 0.4) is 0 Å². The van der Waals surface area contributed by atoms with Gasteiger partial charge in [0.05, 0.1) is 0 Å². The monoisotopic (exact) mass is 469 g/mol. The van der Waals surface area contributed by atoms with E-state index in [2.05, 4.69) is 22.6 Å². The van der Waals surface area contributed by atoms with Crippen LogP contribution in [0.15, 0.2) is 65.8 Å². The normalized spacial score (nSPS) is 22.3. The van der Waals surface area contributed by atoms with E-state index in [-0.39, 0.29) is 17.4 Å². The van der Waals surface area contributed by atoms with Crippen molar-refractivity contribution in [3.8, 4) is 0 Å². The molecule has 2 aromatic carbocycles. The van der Waals surface area contributed by atoms with Crippen molar-refractivity contribution in [2.75, 3.05) is 6.54 Å². The Morgan fingerprint density at radius 1 is 1.24 bits per heavy atom. The molecule has 0 fully saturated rings. The minimum Gasteiger partial charge on any atom is -0.311 e. The molecule has 4 rings (SSSR count). The highest BCUT2D eigenvalue weighted by Gasteiger charge is 2.49. The van der Waals surface area contributed by atoms with Gasteiger partial charge >= 0.3 is 0 Å². The average molecular weight is 470 g/mol. The minimum atomic E-state index is -0.829. The van der Waals surface area contributed by atoms with Gasteiger partial charge in [-0.05, 0) is 56.0 Å². The van der Waals surface area contributed by atoms with E-state index in [1.807, 2.05) is 44.2 Å². The summed E-state index contributed by atoms with van der Waals surface area (Å²) in [6, 6.07) is 13.4. The number of hydrogen-bond donors (Lipinski definition) is 1. The lowest BCUT2D eigenvalue weighted by Gasteiger charge is -2.37. The molecule has 0 spiro atoms. The number of amides is 1. The lowest BCUT2D eigenvalue weighted by atomic mass is 9.99. The summed E-state index contributed by atoms with van der Waals surface area (Å²) >= 11 is 1.33. The molecule has 1 heterocycles. The largest absolute Gasteiger partial charge is 0.311 e. The van der Waals surface area contributed by atoms with Crippen molar-refractivity contribution in [1.82, 2.24) is 10.3 Å². The molecule has 2 atom stereocenters. The van der Waals surface area contributed by atoms with Gasteiger partial charge in [-0.3, -0.25) is 4.79 Å². The smallest absolute Gasteiger partial charge is 0.246 e. The minimum absolute atomic E-state index is 0.0774. The van der Waals surface area contributed by atoms with E-state index < -0.39 is 16.5 Å². The maximum absolute atomic E-state index is 14.7. The van der Waals surface area contributed by atoms with Crippen LogP contribution in [0.4, 0.5) is 8.78 Å². The van der Waals surface area contributed by atoms with Crippen molar-refractivity contribution < 1.29 is 13.6 Å². The second kappa shape index (κ2) is 10.2. The molecule has 33 heavy (non-hydrogen) atoms. The summed E-state index contributed by atoms with van der Waals surface area (Å²) in [6.45, 7) is 4.44. The third-order valence-corrected chi connectivity index (χ3v) is 7.44. The molecule has 1 aliphatic carbocycles. The number of rotatable bonds is 8. The second-order valence-electron chi connectivity index (χ2n) is 8.76. The van der Waals surface area contributed by atoms with Crippen LogP contribution in [0.5, 0.6) is 0 Å². The van der Waals surface area contributed by atoms with E-state index in [9.17, 15) is 13.6 Å². The van der Waals surface area contributed by atoms with Crippen LogP contribution < -0.4 is 5.32 Å². The van der Waals surface area contributed by atoms with Gasteiger partial charge in [-0.1, -0.05) is 68.1 Å². The summed E-state index contributed by atoms with van der Waals surface area (Å²) in [4.78, 5) is 12.5. The number of halogens is 2. The summed E-state index contributed by atoms with van der Waals surface area (Å²) < 4.78 is 28.6. The maximum Gasteiger partial charge on any atom is 0.246 e. The van der Waals surface area contributed by atoms with E-state index in [1.165, 1.54) is 16.8 Å². The van der Waals surface area contributed by atoms with E-state index in [1.54, 1.807) is 0 Å². The molecule has 4 nitrogen and oxygen atoms in total. The molecular weight excluding hydrogens is 440 g/mol. The van der Waals surface area contributed by atoms with Crippen LogP contribution in [0.1, 0.15) is 50.7 Å². The zero-order chi connectivity index (χ0) is 23.4. The topological polar surface area (TPSA) is 44.7 Å². The average Bonchev–Trinajstić information content (AvgIpc) is 3.47. The summed E-state index contributed by atoms with van der Waals surface area (Å²) in [5, 5.41) is 9.97. The van der Waals surface area contributed by atoms with Gasteiger partial charge in [-0.25, -0.2) is 13.8 Å². The van der Waals surface area contributed by atoms with Gasteiger partial charge in [0.2, 0.25) is 5.91 Å². The third kappa shape index (κ3) is 5.04. The fourth-order valence-corrected chi connectivity index (χ4v) is 5.66. The predicted molar refractivity (Wildman–Crippen MR) is 130 cm³/mol. The molecule has 1 amide bonds. The Labute approximate surface area is 198 Å². The Hall–Kier alpha value is -2.51. The lowest BCUT2D eigenvalue weighted by molar-refractivity contribution is -0.138. The molecule has 1 aliphatic heterocycles. The quantitative estimate of drug-likeness (QED) is 0.393. The first-order valence-electron chi connectivity index (χ1n) is 11.4. The number of allylic oxidation sites excluding steroid dienone is 1. The van der Waals surface area contributed by atoms with Gasteiger partial charge in [0.15, 0.2) is 0 Å². The molecule has 7 heteroatoms. The fourth-order valence-electron chi connectivity index (χ4n) is 4.24. The van der Waals surface area contributed by atoms with Crippen molar-refractivity contribution in [1.29, 1.82) is 0 Å². The molecule has 2 aliphatic rings. The van der Waals surface area contributed by atoms with Crippen molar-refractivity contribution in [2.45, 2.75) is 50.4 Å². The Morgan fingerprint density at radius 3 is 2.73 bits per heavy atom. The van der Waals surface area contributed by atoms with E-state index in [0.29, 0.717) is 17.5 Å². The molecule has 174 valence electrons. The van der Waals surface area contributed by atoms with E-state index >= 15 is 0 Å². The Balaban J connectivity index is 1.68. The standard InChI is InChI=1S/C26H29F2N3OS/c1-18(2)25(32)31-26(19-9-4-3-5-10-19,15-8-16-29-21-11-6-7-12-21)33-24(30-31)22-17-20(27)13-14-23(22)28/h3-6,9-11,13-14,17-18,21,29H,7-8,12,15-16H2,1-2H3. The van der Waals surface area contributed by atoms with Gasteiger partial charge < -0.3 is 5.32 Å². The first kappa shape index (κ1) is 23.6. The highest BCUT2D eigenvalue weighted by Crippen LogP contribution is 2.51. The van der Waals surface area contributed by atoms with Gasteiger partial charge in [0.1, 0.15) is 21.5 Å². The van der Waals surface area contributed by atoms with E-state index in [0.717, 1.165) is 49.6 Å². The summed E-state index contributed by atoms with van der Waals surface area (Å²) in [7, 11) is 0. The molecule has 1 N–H and O–H groups in total. The number of hydrogen-bond acceptors (Lipinski definition) is 4. The number of hydrazone groups is 1. The number of nitrogens with zero attached hydrogens (tertiary/aromatic N) is 2. The van der Waals surface area contributed by atoms with Crippen LogP contribution >= 0.6 is 11.8 Å². The zero-order valence-electron chi connectivity index (χ0n) is 18.9.